The Balaban J connectivity index is 4.99. The third-order valence-electron chi connectivity index (χ3n) is 1.95. The van der Waals surface area contributed by atoms with Crippen LogP contribution in [0.1, 0.15) is 13.3 Å². The molecule has 0 heterocycles. The van der Waals surface area contributed by atoms with Gasteiger partial charge in [-0.25, -0.2) is 0 Å². The largest absolute Gasteiger partial charge is 0.382 e. The molecule has 0 saturated heterocycles. The summed E-state index contributed by atoms with van der Waals surface area (Å²) in [4.78, 5) is 13.5. The molecule has 2 N–H and O–H groups in total. The number of nitrogens with zero attached hydrogens (tertiary/aromatic N) is 2. The number of ketones is 1. The summed E-state index contributed by atoms with van der Waals surface area (Å²) in [7, 11) is 3.49. The van der Waals surface area contributed by atoms with E-state index in [1.165, 1.54) is 6.20 Å². The van der Waals surface area contributed by atoms with Crippen molar-refractivity contribution in [2.24, 2.45) is 0 Å². The molecule has 0 aromatic heterocycles. The van der Waals surface area contributed by atoms with E-state index in [4.69, 9.17) is 10.7 Å². The molecule has 18 heavy (non-hydrogen) atoms. The fourth-order valence-corrected chi connectivity index (χ4v) is 1.69. The average molecular weight is 313 g/mol. The molecule has 5 nitrogen and oxygen atoms in total. The van der Waals surface area contributed by atoms with Gasteiger partial charge in [-0.2, -0.15) is 5.26 Å². The molecule has 0 aromatic rings. The van der Waals surface area contributed by atoms with Crippen LogP contribution in [-0.2, 0) is 4.79 Å². The fraction of sp³-hybridized carbons (Fsp3) is 0.417. The molecule has 0 rings (SSSR count). The van der Waals surface area contributed by atoms with Crippen LogP contribution < -0.4 is 5.32 Å². The number of rotatable bonds is 7. The van der Waals surface area contributed by atoms with Crippen LogP contribution in [0.2, 0.25) is 0 Å². The van der Waals surface area contributed by atoms with Gasteiger partial charge in [0.1, 0.15) is 11.6 Å². The van der Waals surface area contributed by atoms with E-state index in [9.17, 15) is 4.79 Å². The van der Waals surface area contributed by atoms with Gasteiger partial charge in [-0.15, -0.1) is 0 Å². The Hall–Kier alpha value is -1.61. The Morgan fingerprint density at radius 2 is 2.17 bits per heavy atom. The highest BCUT2D eigenvalue weighted by molar-refractivity contribution is 9.11. The van der Waals surface area contributed by atoms with Gasteiger partial charge in [0.25, 0.3) is 0 Å². The van der Waals surface area contributed by atoms with Crippen LogP contribution in [-0.4, -0.2) is 37.5 Å². The summed E-state index contributed by atoms with van der Waals surface area (Å²) in [6, 6.07) is 1.87. The molecule has 0 amide bonds. The highest BCUT2D eigenvalue weighted by atomic mass is 79.9. The summed E-state index contributed by atoms with van der Waals surface area (Å²) in [6.45, 7) is 2.60. The van der Waals surface area contributed by atoms with Gasteiger partial charge in [0.15, 0.2) is 5.78 Å². The fourth-order valence-electron chi connectivity index (χ4n) is 1.15. The minimum atomic E-state index is -0.306. The normalized spacial score (nSPS) is 12.3. The summed E-state index contributed by atoms with van der Waals surface area (Å²) >= 11 is 3.27. The third-order valence-corrected chi connectivity index (χ3v) is 2.74. The Morgan fingerprint density at radius 1 is 1.56 bits per heavy atom. The van der Waals surface area contributed by atoms with Gasteiger partial charge in [0.05, 0.1) is 4.61 Å². The van der Waals surface area contributed by atoms with Crippen molar-refractivity contribution in [3.8, 4) is 6.07 Å². The zero-order chi connectivity index (χ0) is 14.1. The Labute approximate surface area is 116 Å². The monoisotopic (exact) mass is 312 g/mol. The van der Waals surface area contributed by atoms with Crippen LogP contribution in [0.25, 0.3) is 0 Å². The summed E-state index contributed by atoms with van der Waals surface area (Å²) in [5, 5.41) is 19.2. The lowest BCUT2D eigenvalue weighted by molar-refractivity contribution is -0.114. The molecule has 0 atom stereocenters. The lowest BCUT2D eigenvalue weighted by Crippen LogP contribution is -2.14. The van der Waals surface area contributed by atoms with E-state index >= 15 is 0 Å². The lowest BCUT2D eigenvalue weighted by atomic mass is 10.1. The molecule has 0 bridgehead atoms. The molecule has 0 aromatic carbocycles. The highest BCUT2D eigenvalue weighted by Gasteiger charge is 2.13. The van der Waals surface area contributed by atoms with Crippen molar-refractivity contribution in [3.63, 3.8) is 0 Å². The number of hydrogen-bond donors (Lipinski definition) is 2. The van der Waals surface area contributed by atoms with E-state index in [1.807, 2.05) is 13.0 Å². The predicted molar refractivity (Wildman–Crippen MR) is 75.4 cm³/mol. The summed E-state index contributed by atoms with van der Waals surface area (Å²) in [5.41, 5.74) is 0.595. The van der Waals surface area contributed by atoms with Crippen molar-refractivity contribution in [2.75, 3.05) is 20.6 Å². The predicted octanol–water partition coefficient (Wildman–Crippen LogP) is 1.78. The number of halogens is 1. The first-order chi connectivity index (χ1) is 8.46. The van der Waals surface area contributed by atoms with E-state index in [0.717, 1.165) is 6.21 Å². The molecule has 6 heteroatoms. The van der Waals surface area contributed by atoms with Crippen LogP contribution in [0.3, 0.4) is 0 Å². The summed E-state index contributed by atoms with van der Waals surface area (Å²) < 4.78 is 0.607. The van der Waals surface area contributed by atoms with Crippen LogP contribution >= 0.6 is 15.9 Å². The smallest absolute Gasteiger partial charge is 0.179 e. The van der Waals surface area contributed by atoms with Gasteiger partial charge >= 0.3 is 0 Å². The zero-order valence-corrected chi connectivity index (χ0v) is 12.3. The van der Waals surface area contributed by atoms with Gasteiger partial charge in [-0.05, 0) is 22.9 Å². The van der Waals surface area contributed by atoms with Gasteiger partial charge in [0.2, 0.25) is 0 Å². The van der Waals surface area contributed by atoms with E-state index in [1.54, 1.807) is 19.0 Å². The van der Waals surface area contributed by atoms with E-state index in [-0.39, 0.29) is 17.8 Å². The van der Waals surface area contributed by atoms with Crippen molar-refractivity contribution in [1.82, 2.24) is 10.2 Å². The van der Waals surface area contributed by atoms with Crippen molar-refractivity contribution < 1.29 is 4.79 Å². The minimum absolute atomic E-state index is 0.0182. The first-order valence-corrected chi connectivity index (χ1v) is 6.20. The molecule has 0 saturated carbocycles. The highest BCUT2D eigenvalue weighted by Crippen LogP contribution is 2.13. The second kappa shape index (κ2) is 8.48. The molecule has 0 aliphatic carbocycles. The standard InChI is InChI=1S/C12H17BrN4O/c1-4-16-12(13)9(6-14)5-11(18)10(7-15)8-17(2)3/h6,8,14,16H,4-5H2,1-3H3/b10-8-,12-9-,14-6?. The maximum atomic E-state index is 11.9. The molecule has 0 spiro atoms. The third kappa shape index (κ3) is 5.64. The number of carbonyl (C=O) groups is 1. The molecule has 0 unspecified atom stereocenters. The van der Waals surface area contributed by atoms with Crippen molar-refractivity contribution >= 4 is 27.9 Å². The Morgan fingerprint density at radius 3 is 2.56 bits per heavy atom. The van der Waals surface area contributed by atoms with Crippen molar-refractivity contribution in [1.29, 1.82) is 10.7 Å². The number of Topliss-reactive ketones (excluding diaryl/α,β-unsaturated/α-hetero) is 1. The number of hydrogen-bond acceptors (Lipinski definition) is 5. The zero-order valence-electron chi connectivity index (χ0n) is 10.7. The van der Waals surface area contributed by atoms with E-state index < -0.39 is 0 Å². The second-order valence-electron chi connectivity index (χ2n) is 3.73. The number of allylic oxidation sites excluding steroid dienone is 2. The number of nitriles is 1. The van der Waals surface area contributed by atoms with E-state index in [2.05, 4.69) is 21.2 Å². The van der Waals surface area contributed by atoms with Crippen LogP contribution in [0.4, 0.5) is 0 Å². The van der Waals surface area contributed by atoms with Gasteiger partial charge in [0, 0.05) is 45.0 Å². The van der Waals surface area contributed by atoms with Crippen LogP contribution in [0, 0.1) is 16.7 Å². The maximum Gasteiger partial charge on any atom is 0.179 e. The summed E-state index contributed by atoms with van der Waals surface area (Å²) in [6.07, 6.45) is 2.60. The molecule has 98 valence electrons. The second-order valence-corrected chi connectivity index (χ2v) is 4.53. The topological polar surface area (TPSA) is 80.0 Å². The molecule has 0 radical (unpaired) electrons. The van der Waals surface area contributed by atoms with Gasteiger partial charge in [-0.3, -0.25) is 4.79 Å². The first kappa shape index (κ1) is 16.4. The number of nitrogens with one attached hydrogen (secondary N) is 2. The van der Waals surface area contributed by atoms with E-state index in [0.29, 0.717) is 16.7 Å². The average Bonchev–Trinajstić information content (AvgIpc) is 2.32. The van der Waals surface area contributed by atoms with Crippen LogP contribution in [0.5, 0.6) is 0 Å². The van der Waals surface area contributed by atoms with Crippen molar-refractivity contribution in [2.45, 2.75) is 13.3 Å². The lowest BCUT2D eigenvalue weighted by Gasteiger charge is -2.08. The quantitative estimate of drug-likeness (QED) is 0.325. The molecule has 0 fully saturated rings. The SMILES string of the molecule is CCN/C(Br)=C(\C=N)CC(=O)/C(C#N)=C\N(C)C. The Bertz CT molecular complexity index is 418. The maximum absolute atomic E-state index is 11.9. The van der Waals surface area contributed by atoms with Crippen molar-refractivity contribution in [3.05, 3.63) is 22.0 Å². The minimum Gasteiger partial charge on any atom is -0.382 e. The first-order valence-electron chi connectivity index (χ1n) is 5.40. The molecular formula is C12H17BrN4O. The van der Waals surface area contributed by atoms with Crippen LogP contribution in [0.15, 0.2) is 22.0 Å². The summed E-state index contributed by atoms with van der Waals surface area (Å²) in [5.74, 6) is -0.306. The Kier molecular flexibility index (Phi) is 7.72. The molecule has 0 aliphatic rings. The molecule has 0 aliphatic heterocycles. The molecular weight excluding hydrogens is 296 g/mol. The van der Waals surface area contributed by atoms with Gasteiger partial charge in [-0.1, -0.05) is 0 Å². The van der Waals surface area contributed by atoms with Gasteiger partial charge < -0.3 is 15.6 Å². The number of carbonyl (C=O) groups excluding carboxylic acids is 1.